The summed E-state index contributed by atoms with van der Waals surface area (Å²) in [4.78, 5) is 25.4. The fourth-order valence-corrected chi connectivity index (χ4v) is 0.955. The summed E-state index contributed by atoms with van der Waals surface area (Å²) in [5.41, 5.74) is 3.34. The van der Waals surface area contributed by atoms with Crippen molar-refractivity contribution in [2.24, 2.45) is 0 Å². The summed E-state index contributed by atoms with van der Waals surface area (Å²) in [5.74, 6) is -2.01. The van der Waals surface area contributed by atoms with Crippen LogP contribution in [0.5, 0.6) is 0 Å². The summed E-state index contributed by atoms with van der Waals surface area (Å²) < 4.78 is 0. The molecule has 0 aliphatic carbocycles. The number of carbonyl (C=O) groups is 2. The van der Waals surface area contributed by atoms with E-state index in [2.05, 4.69) is 10.3 Å². The van der Waals surface area contributed by atoms with Gasteiger partial charge in [-0.2, -0.15) is 0 Å². The number of benzene rings is 1. The van der Waals surface area contributed by atoms with E-state index in [0.717, 1.165) is 5.56 Å². The van der Waals surface area contributed by atoms with Crippen molar-refractivity contribution in [1.29, 1.82) is 0 Å². The number of aliphatic carboxylic acids is 1. The van der Waals surface area contributed by atoms with Crippen LogP contribution in [0.3, 0.4) is 0 Å². The fourth-order valence-electron chi connectivity index (χ4n) is 0.955. The zero-order valence-corrected chi connectivity index (χ0v) is 7.97. The standard InChI is InChI=1S/C10H11NO4/c12-9(13)6-10(14)15-11-7-8-4-2-1-3-5-8/h1-5,11H,6-7H2,(H,12,13). The van der Waals surface area contributed by atoms with Gasteiger partial charge in [0.15, 0.2) is 0 Å². The van der Waals surface area contributed by atoms with Crippen molar-refractivity contribution in [2.45, 2.75) is 13.0 Å². The van der Waals surface area contributed by atoms with E-state index in [4.69, 9.17) is 5.11 Å². The summed E-state index contributed by atoms with van der Waals surface area (Å²) in [7, 11) is 0. The first-order chi connectivity index (χ1) is 7.18. The number of hydrogen-bond acceptors (Lipinski definition) is 4. The molecule has 0 aromatic heterocycles. The number of hydrogen-bond donors (Lipinski definition) is 2. The minimum atomic E-state index is -1.21. The van der Waals surface area contributed by atoms with Crippen LogP contribution in [0, 0.1) is 0 Å². The van der Waals surface area contributed by atoms with E-state index in [-0.39, 0.29) is 0 Å². The molecule has 0 radical (unpaired) electrons. The lowest BCUT2D eigenvalue weighted by Gasteiger charge is -2.04. The monoisotopic (exact) mass is 209 g/mol. The Kier molecular flexibility index (Phi) is 4.30. The number of carboxylic acid groups (broad SMARTS) is 1. The van der Waals surface area contributed by atoms with Gasteiger partial charge in [-0.1, -0.05) is 30.3 Å². The van der Waals surface area contributed by atoms with Crippen LogP contribution in [0.25, 0.3) is 0 Å². The van der Waals surface area contributed by atoms with Crippen LogP contribution in [0.1, 0.15) is 12.0 Å². The quantitative estimate of drug-likeness (QED) is 0.551. The lowest BCUT2D eigenvalue weighted by Crippen LogP contribution is -2.21. The van der Waals surface area contributed by atoms with Gasteiger partial charge in [-0.15, -0.1) is 5.48 Å². The normalized spacial score (nSPS) is 9.60. The molecule has 0 amide bonds. The van der Waals surface area contributed by atoms with E-state index in [9.17, 15) is 9.59 Å². The van der Waals surface area contributed by atoms with Crippen molar-refractivity contribution in [1.82, 2.24) is 5.48 Å². The highest BCUT2D eigenvalue weighted by Crippen LogP contribution is 1.97. The van der Waals surface area contributed by atoms with Gasteiger partial charge >= 0.3 is 11.9 Å². The van der Waals surface area contributed by atoms with Crippen LogP contribution in [0.4, 0.5) is 0 Å². The van der Waals surface area contributed by atoms with Gasteiger partial charge in [-0.25, -0.2) is 4.79 Å². The molecule has 0 heterocycles. The highest BCUT2D eigenvalue weighted by atomic mass is 16.7. The third kappa shape index (κ3) is 4.78. The summed E-state index contributed by atoms with van der Waals surface area (Å²) in [6.07, 6.45) is -0.637. The van der Waals surface area contributed by atoms with Gasteiger partial charge in [0.05, 0.1) is 6.54 Å². The molecular weight excluding hydrogens is 198 g/mol. The van der Waals surface area contributed by atoms with Crippen LogP contribution in [-0.2, 0) is 21.0 Å². The molecule has 1 aromatic carbocycles. The van der Waals surface area contributed by atoms with Crippen LogP contribution in [0.2, 0.25) is 0 Å². The average Bonchev–Trinajstić information content (AvgIpc) is 2.18. The highest BCUT2D eigenvalue weighted by Gasteiger charge is 2.08. The van der Waals surface area contributed by atoms with Crippen molar-refractivity contribution < 1.29 is 19.5 Å². The molecule has 1 aromatic rings. The first-order valence-electron chi connectivity index (χ1n) is 4.37. The van der Waals surface area contributed by atoms with E-state index in [0.29, 0.717) is 6.54 Å². The topological polar surface area (TPSA) is 75.6 Å². The van der Waals surface area contributed by atoms with Crippen molar-refractivity contribution in [3.05, 3.63) is 35.9 Å². The van der Waals surface area contributed by atoms with E-state index in [1.54, 1.807) is 0 Å². The first-order valence-corrected chi connectivity index (χ1v) is 4.37. The molecule has 1 rings (SSSR count). The molecule has 5 heteroatoms. The van der Waals surface area contributed by atoms with Gasteiger partial charge in [-0.3, -0.25) is 4.79 Å². The molecule has 2 N–H and O–H groups in total. The lowest BCUT2D eigenvalue weighted by molar-refractivity contribution is -0.157. The SMILES string of the molecule is O=C(O)CC(=O)ONCc1ccccc1. The summed E-state index contributed by atoms with van der Waals surface area (Å²) >= 11 is 0. The molecule has 0 aliphatic rings. The van der Waals surface area contributed by atoms with Gasteiger partial charge in [0.2, 0.25) is 0 Å². The minimum Gasteiger partial charge on any atom is -0.481 e. The Morgan fingerprint density at radius 3 is 2.53 bits per heavy atom. The first kappa shape index (κ1) is 11.2. The molecule has 0 unspecified atom stereocenters. The van der Waals surface area contributed by atoms with Crippen molar-refractivity contribution >= 4 is 11.9 Å². The second kappa shape index (κ2) is 5.77. The van der Waals surface area contributed by atoms with Crippen LogP contribution >= 0.6 is 0 Å². The van der Waals surface area contributed by atoms with Crippen molar-refractivity contribution in [3.8, 4) is 0 Å². The van der Waals surface area contributed by atoms with Gasteiger partial charge < -0.3 is 9.94 Å². The Morgan fingerprint density at radius 1 is 1.27 bits per heavy atom. The molecular formula is C10H11NO4. The number of hydroxylamine groups is 1. The Balaban J connectivity index is 2.22. The van der Waals surface area contributed by atoms with Crippen molar-refractivity contribution in [3.63, 3.8) is 0 Å². The Labute approximate surface area is 86.6 Å². The summed E-state index contributed by atoms with van der Waals surface area (Å²) in [6.45, 7) is 0.353. The molecule has 0 saturated heterocycles. The van der Waals surface area contributed by atoms with E-state index in [1.165, 1.54) is 0 Å². The number of carbonyl (C=O) groups excluding carboxylic acids is 1. The molecule has 5 nitrogen and oxygen atoms in total. The highest BCUT2D eigenvalue weighted by molar-refractivity contribution is 5.89. The van der Waals surface area contributed by atoms with Crippen LogP contribution in [-0.4, -0.2) is 17.0 Å². The van der Waals surface area contributed by atoms with Gasteiger partial charge in [0.1, 0.15) is 6.42 Å². The minimum absolute atomic E-state index is 0.353. The van der Waals surface area contributed by atoms with E-state index >= 15 is 0 Å². The smallest absolute Gasteiger partial charge is 0.335 e. The van der Waals surface area contributed by atoms with Crippen LogP contribution in [0.15, 0.2) is 30.3 Å². The Morgan fingerprint density at radius 2 is 1.93 bits per heavy atom. The fraction of sp³-hybridized carbons (Fsp3) is 0.200. The molecule has 0 spiro atoms. The zero-order chi connectivity index (χ0) is 11.1. The maximum absolute atomic E-state index is 10.8. The molecule has 0 saturated carbocycles. The largest absolute Gasteiger partial charge is 0.481 e. The van der Waals surface area contributed by atoms with Crippen LogP contribution < -0.4 is 5.48 Å². The Hall–Kier alpha value is -1.88. The van der Waals surface area contributed by atoms with Crippen molar-refractivity contribution in [2.75, 3.05) is 0 Å². The average molecular weight is 209 g/mol. The number of carboxylic acids is 1. The van der Waals surface area contributed by atoms with Gasteiger partial charge in [0.25, 0.3) is 0 Å². The maximum atomic E-state index is 10.8. The molecule has 0 aliphatic heterocycles. The van der Waals surface area contributed by atoms with Gasteiger partial charge in [0, 0.05) is 0 Å². The summed E-state index contributed by atoms with van der Waals surface area (Å²) in [5, 5.41) is 8.27. The van der Waals surface area contributed by atoms with E-state index in [1.807, 2.05) is 30.3 Å². The summed E-state index contributed by atoms with van der Waals surface area (Å²) in [6, 6.07) is 9.31. The maximum Gasteiger partial charge on any atom is 0.335 e. The molecule has 0 bridgehead atoms. The predicted octanol–water partition coefficient (Wildman–Crippen LogP) is 0.709. The third-order valence-electron chi connectivity index (χ3n) is 1.60. The molecule has 0 fully saturated rings. The number of rotatable bonds is 5. The molecule has 80 valence electrons. The zero-order valence-electron chi connectivity index (χ0n) is 7.97. The Bertz CT molecular complexity index is 337. The lowest BCUT2D eigenvalue weighted by atomic mass is 10.2. The second-order valence-electron chi connectivity index (χ2n) is 2.85. The molecule has 15 heavy (non-hydrogen) atoms. The third-order valence-corrected chi connectivity index (χ3v) is 1.60. The predicted molar refractivity (Wildman–Crippen MR) is 51.6 cm³/mol. The van der Waals surface area contributed by atoms with Gasteiger partial charge in [-0.05, 0) is 5.56 Å². The second-order valence-corrected chi connectivity index (χ2v) is 2.85. The molecule has 0 atom stereocenters. The number of nitrogens with one attached hydrogen (secondary N) is 1. The van der Waals surface area contributed by atoms with E-state index < -0.39 is 18.4 Å².